The molecule has 19 heavy (non-hydrogen) atoms. The molecule has 102 valence electrons. The van der Waals surface area contributed by atoms with E-state index < -0.39 is 0 Å². The SMILES string of the molecule is CCc1nnsc1C(Cc1cccc(F)c1Cl)NC. The van der Waals surface area contributed by atoms with Gasteiger partial charge in [-0.25, -0.2) is 4.39 Å². The van der Waals surface area contributed by atoms with Crippen LogP contribution in [-0.4, -0.2) is 16.6 Å². The zero-order valence-corrected chi connectivity index (χ0v) is 12.4. The first kappa shape index (κ1) is 14.4. The van der Waals surface area contributed by atoms with Crippen LogP contribution in [0.15, 0.2) is 18.2 Å². The standard InChI is InChI=1S/C13H15ClFN3S/c1-3-10-13(19-18-17-10)11(16-2)7-8-5-4-6-9(15)12(8)14/h4-6,11,16H,3,7H2,1-2H3. The molecule has 0 aliphatic heterocycles. The third-order valence-electron chi connectivity index (χ3n) is 3.04. The number of nitrogens with one attached hydrogen (secondary N) is 1. The molecule has 0 fully saturated rings. The molecule has 3 nitrogen and oxygen atoms in total. The van der Waals surface area contributed by atoms with Crippen LogP contribution in [0, 0.1) is 5.82 Å². The molecule has 2 aromatic rings. The smallest absolute Gasteiger partial charge is 0.142 e. The van der Waals surface area contributed by atoms with Crippen LogP contribution >= 0.6 is 23.1 Å². The van der Waals surface area contributed by atoms with Gasteiger partial charge in [0.25, 0.3) is 0 Å². The topological polar surface area (TPSA) is 37.8 Å². The lowest BCUT2D eigenvalue weighted by atomic mass is 10.0. The maximum atomic E-state index is 13.4. The summed E-state index contributed by atoms with van der Waals surface area (Å²) in [5, 5.41) is 7.52. The summed E-state index contributed by atoms with van der Waals surface area (Å²) in [7, 11) is 1.87. The molecule has 1 aromatic heterocycles. The molecular weight excluding hydrogens is 285 g/mol. The van der Waals surface area contributed by atoms with Gasteiger partial charge in [-0.2, -0.15) is 0 Å². The Morgan fingerprint density at radius 1 is 1.47 bits per heavy atom. The van der Waals surface area contributed by atoms with Gasteiger partial charge in [-0.3, -0.25) is 0 Å². The number of aryl methyl sites for hydroxylation is 1. The van der Waals surface area contributed by atoms with Gasteiger partial charge in [-0.15, -0.1) is 5.10 Å². The number of likely N-dealkylation sites (N-methyl/N-ethyl adjacent to an activating group) is 1. The van der Waals surface area contributed by atoms with Crippen LogP contribution in [0.3, 0.4) is 0 Å². The zero-order valence-electron chi connectivity index (χ0n) is 10.8. The summed E-state index contributed by atoms with van der Waals surface area (Å²) >= 11 is 7.37. The van der Waals surface area contributed by atoms with Crippen molar-refractivity contribution in [1.82, 2.24) is 14.9 Å². The van der Waals surface area contributed by atoms with Crippen molar-refractivity contribution < 1.29 is 4.39 Å². The molecule has 0 bridgehead atoms. The summed E-state index contributed by atoms with van der Waals surface area (Å²) in [5.41, 5.74) is 1.77. The van der Waals surface area contributed by atoms with Gasteiger partial charge in [-0.1, -0.05) is 35.1 Å². The van der Waals surface area contributed by atoms with E-state index in [4.69, 9.17) is 11.6 Å². The lowest BCUT2D eigenvalue weighted by molar-refractivity contribution is 0.587. The maximum Gasteiger partial charge on any atom is 0.142 e. The zero-order chi connectivity index (χ0) is 13.8. The first-order chi connectivity index (χ1) is 9.17. The van der Waals surface area contributed by atoms with Crippen molar-refractivity contribution in [3.8, 4) is 0 Å². The number of hydrogen-bond donors (Lipinski definition) is 1. The Morgan fingerprint density at radius 3 is 2.95 bits per heavy atom. The Kier molecular flexibility index (Phi) is 4.85. The fourth-order valence-corrected chi connectivity index (χ4v) is 3.03. The summed E-state index contributed by atoms with van der Waals surface area (Å²) < 4.78 is 17.4. The number of rotatable bonds is 5. The fourth-order valence-electron chi connectivity index (χ4n) is 1.98. The minimum atomic E-state index is -0.382. The average molecular weight is 300 g/mol. The third-order valence-corrected chi connectivity index (χ3v) is 4.34. The Bertz CT molecular complexity index is 559. The van der Waals surface area contributed by atoms with Crippen LogP contribution in [0.25, 0.3) is 0 Å². The molecule has 0 radical (unpaired) electrons. The van der Waals surface area contributed by atoms with Crippen molar-refractivity contribution in [2.45, 2.75) is 25.8 Å². The molecule has 0 amide bonds. The highest BCUT2D eigenvalue weighted by molar-refractivity contribution is 7.05. The van der Waals surface area contributed by atoms with Gasteiger partial charge in [-0.05, 0) is 43.1 Å². The summed E-state index contributed by atoms with van der Waals surface area (Å²) in [4.78, 5) is 1.09. The Morgan fingerprint density at radius 2 is 2.26 bits per heavy atom. The van der Waals surface area contributed by atoms with E-state index in [1.807, 2.05) is 20.0 Å². The van der Waals surface area contributed by atoms with E-state index >= 15 is 0 Å². The average Bonchev–Trinajstić information content (AvgIpc) is 2.88. The summed E-state index contributed by atoms with van der Waals surface area (Å²) in [5.74, 6) is -0.382. The second-order valence-electron chi connectivity index (χ2n) is 4.20. The maximum absolute atomic E-state index is 13.4. The molecule has 1 aromatic carbocycles. The van der Waals surface area contributed by atoms with E-state index in [2.05, 4.69) is 14.9 Å². The molecule has 0 aliphatic carbocycles. The highest BCUT2D eigenvalue weighted by Gasteiger charge is 2.19. The van der Waals surface area contributed by atoms with Crippen molar-refractivity contribution >= 4 is 23.1 Å². The number of benzene rings is 1. The molecule has 1 heterocycles. The highest BCUT2D eigenvalue weighted by atomic mass is 35.5. The lowest BCUT2D eigenvalue weighted by Crippen LogP contribution is -2.19. The summed E-state index contributed by atoms with van der Waals surface area (Å²) in [6.45, 7) is 2.04. The van der Waals surface area contributed by atoms with Crippen LogP contribution in [0.4, 0.5) is 4.39 Å². The Balaban J connectivity index is 2.27. The number of halogens is 2. The molecule has 0 saturated heterocycles. The highest BCUT2D eigenvalue weighted by Crippen LogP contribution is 2.28. The minimum Gasteiger partial charge on any atom is -0.312 e. The Labute approximate surface area is 121 Å². The molecule has 0 spiro atoms. The predicted octanol–water partition coefficient (Wildman–Crippen LogP) is 3.40. The van der Waals surface area contributed by atoms with Crippen LogP contribution in [0.1, 0.15) is 29.1 Å². The molecule has 6 heteroatoms. The van der Waals surface area contributed by atoms with E-state index in [1.54, 1.807) is 6.07 Å². The summed E-state index contributed by atoms with van der Waals surface area (Å²) in [6.07, 6.45) is 1.45. The fraction of sp³-hybridized carbons (Fsp3) is 0.385. The number of nitrogens with zero attached hydrogens (tertiary/aromatic N) is 2. The van der Waals surface area contributed by atoms with Gasteiger partial charge >= 0.3 is 0 Å². The molecular formula is C13H15ClFN3S. The molecule has 1 atom stereocenters. The Hall–Kier alpha value is -1.04. The van der Waals surface area contributed by atoms with Crippen LogP contribution in [-0.2, 0) is 12.8 Å². The van der Waals surface area contributed by atoms with E-state index in [0.29, 0.717) is 6.42 Å². The van der Waals surface area contributed by atoms with Crippen LogP contribution in [0.2, 0.25) is 5.02 Å². The van der Waals surface area contributed by atoms with Crippen molar-refractivity contribution in [2.24, 2.45) is 0 Å². The second kappa shape index (κ2) is 6.41. The van der Waals surface area contributed by atoms with Crippen LogP contribution < -0.4 is 5.32 Å². The van der Waals surface area contributed by atoms with Crippen molar-refractivity contribution in [3.05, 3.63) is 45.2 Å². The monoisotopic (exact) mass is 299 g/mol. The van der Waals surface area contributed by atoms with E-state index in [0.717, 1.165) is 22.6 Å². The van der Waals surface area contributed by atoms with Crippen molar-refractivity contribution in [1.29, 1.82) is 0 Å². The van der Waals surface area contributed by atoms with Crippen LogP contribution in [0.5, 0.6) is 0 Å². The normalized spacial score (nSPS) is 12.6. The third kappa shape index (κ3) is 3.11. The number of aromatic nitrogens is 2. The van der Waals surface area contributed by atoms with Gasteiger partial charge in [0.2, 0.25) is 0 Å². The van der Waals surface area contributed by atoms with E-state index in [9.17, 15) is 4.39 Å². The predicted molar refractivity (Wildman–Crippen MR) is 76.2 cm³/mol. The molecule has 1 N–H and O–H groups in total. The minimum absolute atomic E-state index is 0.0502. The molecule has 0 aliphatic rings. The van der Waals surface area contributed by atoms with Crippen molar-refractivity contribution in [2.75, 3.05) is 7.05 Å². The van der Waals surface area contributed by atoms with Gasteiger partial charge in [0.1, 0.15) is 5.82 Å². The number of hydrogen-bond acceptors (Lipinski definition) is 4. The van der Waals surface area contributed by atoms with Gasteiger partial charge in [0.05, 0.1) is 15.6 Å². The van der Waals surface area contributed by atoms with E-state index in [1.165, 1.54) is 17.6 Å². The quantitative estimate of drug-likeness (QED) is 0.919. The van der Waals surface area contributed by atoms with Gasteiger partial charge in [0.15, 0.2) is 0 Å². The molecule has 1 unspecified atom stereocenters. The second-order valence-corrected chi connectivity index (χ2v) is 5.36. The van der Waals surface area contributed by atoms with Crippen molar-refractivity contribution in [3.63, 3.8) is 0 Å². The largest absolute Gasteiger partial charge is 0.312 e. The molecule has 2 rings (SSSR count). The summed E-state index contributed by atoms with van der Waals surface area (Å²) in [6, 6.07) is 4.94. The first-order valence-electron chi connectivity index (χ1n) is 6.08. The van der Waals surface area contributed by atoms with E-state index in [-0.39, 0.29) is 16.9 Å². The molecule has 0 saturated carbocycles. The lowest BCUT2D eigenvalue weighted by Gasteiger charge is -2.16. The van der Waals surface area contributed by atoms with Gasteiger partial charge < -0.3 is 5.32 Å². The first-order valence-corrected chi connectivity index (χ1v) is 7.23. The van der Waals surface area contributed by atoms with Gasteiger partial charge in [0, 0.05) is 6.04 Å².